The molecule has 0 fully saturated rings. The fourth-order valence-corrected chi connectivity index (χ4v) is 3.65. The highest BCUT2D eigenvalue weighted by atomic mass is 19.5. The second-order valence-corrected chi connectivity index (χ2v) is 12.0. The number of rotatable bonds is 23. The summed E-state index contributed by atoms with van der Waals surface area (Å²) in [6.07, 6.45) is -48.6. The molecule has 0 bridgehead atoms. The van der Waals surface area contributed by atoms with Crippen LogP contribution in [-0.2, 0) is 19.1 Å². The lowest BCUT2D eigenvalue weighted by Gasteiger charge is -2.40. The van der Waals surface area contributed by atoms with Gasteiger partial charge in [-0.2, -0.15) is 149 Å². The lowest BCUT2D eigenvalue weighted by molar-refractivity contribution is -0.523. The van der Waals surface area contributed by atoms with Crippen molar-refractivity contribution in [3.63, 3.8) is 0 Å². The van der Waals surface area contributed by atoms with Crippen LogP contribution in [-0.4, -0.2) is 147 Å². The first-order valence-corrected chi connectivity index (χ1v) is 15.3. The van der Waals surface area contributed by atoms with E-state index in [4.69, 9.17) is 0 Å². The van der Waals surface area contributed by atoms with Crippen molar-refractivity contribution in [2.24, 2.45) is 0 Å². The van der Waals surface area contributed by atoms with Gasteiger partial charge >= 0.3 is 96.0 Å². The fourth-order valence-electron chi connectivity index (χ4n) is 3.65. The highest BCUT2D eigenvalue weighted by Crippen LogP contribution is 2.62. The Kier molecular flexibility index (Phi) is 17.4. The Morgan fingerprint density at radius 2 is 0.485 bits per heavy atom. The zero-order valence-electron chi connectivity index (χ0n) is 29.7. The summed E-state index contributed by atoms with van der Waals surface area (Å²) in [6, 6.07) is 0. The van der Waals surface area contributed by atoms with Crippen molar-refractivity contribution in [1.82, 2.24) is 21.3 Å². The molecule has 0 rings (SSSR count). The second-order valence-electron chi connectivity index (χ2n) is 12.0. The Labute approximate surface area is 338 Å². The molecule has 0 aromatic heterocycles. The lowest BCUT2D eigenvalue weighted by atomic mass is 9.97. The lowest BCUT2D eigenvalue weighted by Crippen LogP contribution is -2.72. The van der Waals surface area contributed by atoms with Gasteiger partial charge in [0.2, 0.25) is 0 Å². The number of carbonyl (C=O) groups excluding carboxylic acids is 2. The van der Waals surface area contributed by atoms with Crippen molar-refractivity contribution in [1.29, 1.82) is 0 Å². The van der Waals surface area contributed by atoms with Crippen molar-refractivity contribution < 1.29 is 168 Å². The maximum atomic E-state index is 13.9. The molecule has 0 aliphatic rings. The number of hydrogen-bond acceptors (Lipinski definition) is 6. The van der Waals surface area contributed by atoms with E-state index in [-0.39, 0.29) is 0 Å². The standard InChI is InChI=1S/C24H16F34N4O4/c25-9(26,11(29,30)13(33,34)15(37,38)23(55,56)65-17(41,19(43,44)45)20(46,47)48)7(63)61-5-3-59-1-2-60-4-6-62-8(64)10(27,28)12(31,32)14(35,36)16(39,40)24(57,58)66-18(42,21(49,50)51)22(52,53)54/h59-60H,1-6H2,(H,61,63)(H,62,64). The Balaban J connectivity index is 5.52. The molecular weight excluding hydrogens is 1050 g/mol. The average Bonchev–Trinajstić information content (AvgIpc) is 3.08. The van der Waals surface area contributed by atoms with Crippen LogP contribution in [0.25, 0.3) is 0 Å². The van der Waals surface area contributed by atoms with E-state index in [0.29, 0.717) is 10.6 Å². The van der Waals surface area contributed by atoms with Gasteiger partial charge in [0.05, 0.1) is 0 Å². The molecule has 0 atom stereocenters. The first kappa shape index (κ1) is 62.4. The van der Waals surface area contributed by atoms with Gasteiger partial charge in [0.25, 0.3) is 11.8 Å². The van der Waals surface area contributed by atoms with E-state index in [9.17, 15) is 159 Å². The summed E-state index contributed by atoms with van der Waals surface area (Å²) in [7, 11) is 0. The molecule has 0 spiro atoms. The van der Waals surface area contributed by atoms with Crippen molar-refractivity contribution in [2.75, 3.05) is 39.3 Å². The third-order valence-electron chi connectivity index (χ3n) is 7.32. The Morgan fingerprint density at radius 1 is 0.288 bits per heavy atom. The van der Waals surface area contributed by atoms with E-state index in [0.717, 1.165) is 9.47 Å². The molecule has 0 radical (unpaired) electrons. The first-order chi connectivity index (χ1) is 28.5. The van der Waals surface area contributed by atoms with Gasteiger partial charge in [-0.05, 0) is 0 Å². The van der Waals surface area contributed by atoms with Gasteiger partial charge in [-0.1, -0.05) is 0 Å². The Bertz CT molecular complexity index is 1520. The van der Waals surface area contributed by atoms with Crippen LogP contribution in [0.2, 0.25) is 0 Å². The molecule has 0 aliphatic heterocycles. The molecule has 0 heterocycles. The molecule has 0 saturated carbocycles. The molecule has 66 heavy (non-hydrogen) atoms. The summed E-state index contributed by atoms with van der Waals surface area (Å²) < 4.78 is 453. The smallest absolute Gasteiger partial charge is 0.349 e. The maximum Gasteiger partial charge on any atom is 0.458 e. The van der Waals surface area contributed by atoms with Crippen LogP contribution in [0.3, 0.4) is 0 Å². The van der Waals surface area contributed by atoms with Crippen molar-refractivity contribution >= 4 is 11.8 Å². The van der Waals surface area contributed by atoms with Gasteiger partial charge in [0, 0.05) is 39.3 Å². The predicted molar refractivity (Wildman–Crippen MR) is 135 cm³/mol. The van der Waals surface area contributed by atoms with Crippen LogP contribution >= 0.6 is 0 Å². The number of halogens is 34. The van der Waals surface area contributed by atoms with E-state index in [1.165, 1.54) is 0 Å². The topological polar surface area (TPSA) is 101 Å². The second kappa shape index (κ2) is 18.4. The maximum absolute atomic E-state index is 13.9. The zero-order valence-corrected chi connectivity index (χ0v) is 29.7. The number of hydrogen-bond donors (Lipinski definition) is 4. The van der Waals surface area contributed by atoms with E-state index in [2.05, 4.69) is 0 Å². The molecule has 0 aromatic carbocycles. The van der Waals surface area contributed by atoms with Crippen LogP contribution < -0.4 is 21.3 Å². The average molecular weight is 1070 g/mol. The van der Waals surface area contributed by atoms with Gasteiger partial charge in [0.15, 0.2) is 0 Å². The summed E-state index contributed by atoms with van der Waals surface area (Å²) in [5, 5.41) is 4.80. The number of alkyl halides is 34. The van der Waals surface area contributed by atoms with Crippen LogP contribution in [0.15, 0.2) is 0 Å². The minimum atomic E-state index is -8.68. The Hall–Kier alpha value is -3.60. The minimum Gasteiger partial charge on any atom is -0.349 e. The van der Waals surface area contributed by atoms with Gasteiger partial charge in [-0.15, -0.1) is 0 Å². The summed E-state index contributed by atoms with van der Waals surface area (Å²) in [4.78, 5) is 22.8. The van der Waals surface area contributed by atoms with Crippen LogP contribution in [0.1, 0.15) is 0 Å². The normalized spacial score (nSPS) is 15.8. The van der Waals surface area contributed by atoms with E-state index in [1.54, 1.807) is 0 Å². The SMILES string of the molecule is O=C(NCCNCCNCCNC(=O)C(F)(F)C(F)(F)C(F)(F)C(F)(F)C(F)(F)OC(F)(C(F)(F)F)C(F)(F)F)C(F)(F)C(F)(F)C(F)(F)C(F)(F)C(F)(F)OC(F)(C(F)(F)F)C(F)(F)F. The molecule has 0 unspecified atom stereocenters. The molecule has 8 nitrogen and oxygen atoms in total. The molecule has 2 amide bonds. The van der Waals surface area contributed by atoms with Crippen molar-refractivity contribution in [2.45, 2.75) is 96.0 Å². The zero-order chi connectivity index (χ0) is 53.6. The highest BCUT2D eigenvalue weighted by Gasteiger charge is 2.92. The molecule has 0 aromatic rings. The third kappa shape index (κ3) is 10.7. The summed E-state index contributed by atoms with van der Waals surface area (Å²) in [5.74, 6) is -89.8. The van der Waals surface area contributed by atoms with Crippen molar-refractivity contribution in [3.8, 4) is 0 Å². The molecule has 0 aliphatic carbocycles. The summed E-state index contributed by atoms with van der Waals surface area (Å²) in [5.41, 5.74) is 0. The van der Waals surface area contributed by atoms with Gasteiger partial charge < -0.3 is 21.3 Å². The van der Waals surface area contributed by atoms with Gasteiger partial charge in [-0.25, -0.2) is 0 Å². The number of nitrogens with one attached hydrogen (secondary N) is 4. The number of carbonyl (C=O) groups is 2. The molecule has 4 N–H and O–H groups in total. The molecule has 394 valence electrons. The third-order valence-corrected chi connectivity index (χ3v) is 7.32. The summed E-state index contributed by atoms with van der Waals surface area (Å²) >= 11 is 0. The first-order valence-electron chi connectivity index (χ1n) is 15.3. The Morgan fingerprint density at radius 3 is 0.682 bits per heavy atom. The monoisotopic (exact) mass is 1070 g/mol. The number of ether oxygens (including phenoxy) is 2. The van der Waals surface area contributed by atoms with E-state index in [1.807, 2.05) is 10.6 Å². The van der Waals surface area contributed by atoms with Crippen LogP contribution in [0.4, 0.5) is 149 Å². The van der Waals surface area contributed by atoms with E-state index >= 15 is 0 Å². The van der Waals surface area contributed by atoms with Crippen LogP contribution in [0.5, 0.6) is 0 Å². The predicted octanol–water partition coefficient (Wildman–Crippen LogP) is 8.28. The quantitative estimate of drug-likeness (QED) is 0.0608. The van der Waals surface area contributed by atoms with Gasteiger partial charge in [0.1, 0.15) is 0 Å². The largest absolute Gasteiger partial charge is 0.458 e. The van der Waals surface area contributed by atoms with E-state index < -0.39 is 147 Å². The molecule has 0 saturated heterocycles. The van der Waals surface area contributed by atoms with Crippen LogP contribution in [0, 0.1) is 0 Å². The molecular formula is C24H16F34N4O4. The van der Waals surface area contributed by atoms with Crippen molar-refractivity contribution in [3.05, 3.63) is 0 Å². The highest BCUT2D eigenvalue weighted by molar-refractivity contribution is 5.85. The fraction of sp³-hybridized carbons (Fsp3) is 0.917. The minimum absolute atomic E-state index is 0.527. The number of amides is 2. The van der Waals surface area contributed by atoms with Gasteiger partial charge in [-0.3, -0.25) is 19.1 Å². The molecule has 42 heteroatoms. The summed E-state index contributed by atoms with van der Waals surface area (Å²) in [6.45, 7) is -6.96.